The van der Waals surface area contributed by atoms with Crippen molar-refractivity contribution < 1.29 is 23.4 Å². The SMILES string of the molecule is COC(=O)CC1CC(CCc2c(-c3ccc(F)cc3)c(-c3ccccc3)c(I)n2C(C)C)OC(C)(C)O1. The Hall–Kier alpha value is -2.23. The van der Waals surface area contributed by atoms with Crippen LogP contribution in [0.5, 0.6) is 0 Å². The summed E-state index contributed by atoms with van der Waals surface area (Å²) in [5.41, 5.74) is 5.61. The maximum Gasteiger partial charge on any atom is 0.308 e. The Morgan fingerprint density at radius 1 is 1.05 bits per heavy atom. The van der Waals surface area contributed by atoms with Gasteiger partial charge in [-0.05, 0) is 86.4 Å². The van der Waals surface area contributed by atoms with Gasteiger partial charge in [0.05, 0.1) is 29.4 Å². The summed E-state index contributed by atoms with van der Waals surface area (Å²) in [5.74, 6) is -1.32. The first kappa shape index (κ1) is 27.8. The van der Waals surface area contributed by atoms with Gasteiger partial charge in [0.15, 0.2) is 5.79 Å². The smallest absolute Gasteiger partial charge is 0.308 e. The Bertz CT molecular complexity index is 1220. The molecule has 4 rings (SSSR count). The second-order valence-electron chi connectivity index (χ2n) is 10.3. The molecule has 1 aromatic heterocycles. The van der Waals surface area contributed by atoms with Crippen molar-refractivity contribution >= 4 is 28.6 Å². The van der Waals surface area contributed by atoms with E-state index in [-0.39, 0.29) is 36.5 Å². The molecule has 0 bridgehead atoms. The van der Waals surface area contributed by atoms with E-state index in [1.807, 2.05) is 44.2 Å². The predicted octanol–water partition coefficient (Wildman–Crippen LogP) is 7.55. The van der Waals surface area contributed by atoms with Crippen molar-refractivity contribution in [1.82, 2.24) is 4.57 Å². The van der Waals surface area contributed by atoms with E-state index in [9.17, 15) is 9.18 Å². The summed E-state index contributed by atoms with van der Waals surface area (Å²) >= 11 is 2.45. The normalized spacial score (nSPS) is 19.2. The monoisotopic (exact) mass is 619 g/mol. The zero-order valence-electron chi connectivity index (χ0n) is 22.1. The van der Waals surface area contributed by atoms with Gasteiger partial charge in [0, 0.05) is 29.3 Å². The van der Waals surface area contributed by atoms with E-state index < -0.39 is 5.79 Å². The van der Waals surface area contributed by atoms with Crippen LogP contribution in [-0.2, 0) is 25.4 Å². The zero-order valence-corrected chi connectivity index (χ0v) is 24.3. The molecule has 198 valence electrons. The van der Waals surface area contributed by atoms with Gasteiger partial charge in [-0.3, -0.25) is 4.79 Å². The summed E-state index contributed by atoms with van der Waals surface area (Å²) in [6.45, 7) is 8.16. The molecule has 37 heavy (non-hydrogen) atoms. The Balaban J connectivity index is 1.74. The fourth-order valence-electron chi connectivity index (χ4n) is 5.28. The summed E-state index contributed by atoms with van der Waals surface area (Å²) < 4.78 is 34.6. The number of carbonyl (C=O) groups excluding carboxylic acids is 1. The zero-order chi connectivity index (χ0) is 26.7. The van der Waals surface area contributed by atoms with E-state index in [1.54, 1.807) is 0 Å². The van der Waals surface area contributed by atoms with Gasteiger partial charge in [0.25, 0.3) is 0 Å². The van der Waals surface area contributed by atoms with Gasteiger partial charge in [-0.15, -0.1) is 0 Å². The quantitative estimate of drug-likeness (QED) is 0.193. The van der Waals surface area contributed by atoms with Crippen LogP contribution in [0.1, 0.15) is 58.7 Å². The molecule has 0 N–H and O–H groups in total. The van der Waals surface area contributed by atoms with Crippen LogP contribution in [0.25, 0.3) is 22.3 Å². The van der Waals surface area contributed by atoms with Gasteiger partial charge in [-0.25, -0.2) is 4.39 Å². The maximum atomic E-state index is 13.9. The second-order valence-corrected chi connectivity index (χ2v) is 11.3. The first-order valence-electron chi connectivity index (χ1n) is 12.8. The van der Waals surface area contributed by atoms with E-state index in [1.165, 1.54) is 24.9 Å². The molecule has 2 heterocycles. The Morgan fingerprint density at radius 2 is 1.68 bits per heavy atom. The Kier molecular flexibility index (Phi) is 8.76. The lowest BCUT2D eigenvalue weighted by molar-refractivity contribution is -0.300. The van der Waals surface area contributed by atoms with Gasteiger partial charge in [0.2, 0.25) is 0 Å². The number of halogens is 2. The topological polar surface area (TPSA) is 49.7 Å². The van der Waals surface area contributed by atoms with Crippen molar-refractivity contribution in [3.63, 3.8) is 0 Å². The van der Waals surface area contributed by atoms with Crippen molar-refractivity contribution in [2.45, 2.75) is 77.4 Å². The predicted molar refractivity (Wildman–Crippen MR) is 152 cm³/mol. The highest BCUT2D eigenvalue weighted by Gasteiger charge is 2.37. The van der Waals surface area contributed by atoms with Crippen molar-refractivity contribution in [3.05, 3.63) is 69.8 Å². The second kappa shape index (κ2) is 11.7. The van der Waals surface area contributed by atoms with E-state index >= 15 is 0 Å². The van der Waals surface area contributed by atoms with Crippen LogP contribution >= 0.6 is 22.6 Å². The van der Waals surface area contributed by atoms with E-state index in [0.717, 1.165) is 38.8 Å². The van der Waals surface area contributed by atoms with Crippen LogP contribution in [0.15, 0.2) is 54.6 Å². The largest absolute Gasteiger partial charge is 0.469 e. The van der Waals surface area contributed by atoms with Crippen LogP contribution in [-0.4, -0.2) is 35.6 Å². The minimum atomic E-state index is -0.787. The van der Waals surface area contributed by atoms with Crippen LogP contribution in [0.2, 0.25) is 0 Å². The minimum Gasteiger partial charge on any atom is -0.469 e. The van der Waals surface area contributed by atoms with Crippen molar-refractivity contribution in [2.75, 3.05) is 7.11 Å². The van der Waals surface area contributed by atoms with Crippen LogP contribution in [0.4, 0.5) is 4.39 Å². The number of hydrogen-bond donors (Lipinski definition) is 0. The molecule has 0 saturated carbocycles. The number of carbonyl (C=O) groups is 1. The van der Waals surface area contributed by atoms with Gasteiger partial charge in [-0.1, -0.05) is 42.5 Å². The highest BCUT2D eigenvalue weighted by atomic mass is 127. The molecule has 1 aliphatic rings. The summed E-state index contributed by atoms with van der Waals surface area (Å²) in [6.07, 6.45) is 2.02. The number of ether oxygens (including phenoxy) is 3. The number of hydrogen-bond acceptors (Lipinski definition) is 4. The molecule has 2 unspecified atom stereocenters. The highest BCUT2D eigenvalue weighted by molar-refractivity contribution is 14.1. The molecule has 1 aliphatic heterocycles. The minimum absolute atomic E-state index is 0.0761. The molecule has 0 amide bonds. The van der Waals surface area contributed by atoms with Crippen LogP contribution in [0.3, 0.4) is 0 Å². The average molecular weight is 620 g/mol. The maximum absolute atomic E-state index is 13.9. The van der Waals surface area contributed by atoms with E-state index in [4.69, 9.17) is 14.2 Å². The fraction of sp³-hybridized carbons (Fsp3) is 0.433. The first-order valence-corrected chi connectivity index (χ1v) is 13.8. The number of rotatable bonds is 8. The summed E-state index contributed by atoms with van der Waals surface area (Å²) in [7, 11) is 1.40. The lowest BCUT2D eigenvalue weighted by Crippen LogP contribution is -2.45. The third-order valence-electron chi connectivity index (χ3n) is 6.71. The molecule has 3 aromatic rings. The van der Waals surface area contributed by atoms with Crippen LogP contribution < -0.4 is 0 Å². The van der Waals surface area contributed by atoms with Crippen LogP contribution in [0, 0.1) is 9.52 Å². The van der Waals surface area contributed by atoms with E-state index in [2.05, 4.69) is 53.1 Å². The number of nitrogens with zero attached hydrogens (tertiary/aromatic N) is 1. The average Bonchev–Trinajstić information content (AvgIpc) is 3.14. The molecule has 0 aliphatic carbocycles. The molecule has 1 saturated heterocycles. The fourth-order valence-corrected chi connectivity index (χ4v) is 6.70. The molecule has 0 spiro atoms. The number of benzene rings is 2. The first-order chi connectivity index (χ1) is 17.6. The molecule has 2 atom stereocenters. The molecule has 1 fully saturated rings. The Labute approximate surface area is 232 Å². The van der Waals surface area contributed by atoms with Gasteiger partial charge in [-0.2, -0.15) is 0 Å². The van der Waals surface area contributed by atoms with Crippen molar-refractivity contribution in [1.29, 1.82) is 0 Å². The van der Waals surface area contributed by atoms with Gasteiger partial charge < -0.3 is 18.8 Å². The molecule has 5 nitrogen and oxygen atoms in total. The van der Waals surface area contributed by atoms with Crippen molar-refractivity contribution in [2.24, 2.45) is 0 Å². The van der Waals surface area contributed by atoms with Gasteiger partial charge in [0.1, 0.15) is 5.82 Å². The highest BCUT2D eigenvalue weighted by Crippen LogP contribution is 2.43. The third-order valence-corrected chi connectivity index (χ3v) is 7.77. The molecule has 7 heteroatoms. The number of methoxy groups -OCH3 is 1. The standard InChI is InChI=1S/C30H35FINO4/c1-19(2)33-25(16-15-23-17-24(18-26(34)35-5)37-30(3,4)36-23)27(21-11-13-22(31)14-12-21)28(29(33)32)20-9-7-6-8-10-20/h6-14,19,23-24H,15-18H2,1-5H3. The molecular formula is C30H35FINO4. The molecular weight excluding hydrogens is 584 g/mol. The number of esters is 1. The van der Waals surface area contributed by atoms with Gasteiger partial charge >= 0.3 is 5.97 Å². The Morgan fingerprint density at radius 3 is 2.30 bits per heavy atom. The lowest BCUT2D eigenvalue weighted by atomic mass is 9.94. The summed E-state index contributed by atoms with van der Waals surface area (Å²) in [6, 6.07) is 17.4. The summed E-state index contributed by atoms with van der Waals surface area (Å²) in [5, 5.41) is 0. The lowest BCUT2D eigenvalue weighted by Gasteiger charge is -2.40. The molecule has 2 aromatic carbocycles. The van der Waals surface area contributed by atoms with Crippen molar-refractivity contribution in [3.8, 4) is 22.3 Å². The third kappa shape index (κ3) is 6.44. The summed E-state index contributed by atoms with van der Waals surface area (Å²) in [4.78, 5) is 11.9. The van der Waals surface area contributed by atoms with E-state index in [0.29, 0.717) is 6.42 Å². The number of aromatic nitrogens is 1. The molecule has 0 radical (unpaired) electrons.